The van der Waals surface area contributed by atoms with E-state index in [-0.39, 0.29) is 152 Å². The molecule has 32 nitrogen and oxygen atoms in total. The fourth-order valence-electron chi connectivity index (χ4n) is 11.9. The molecule has 0 aromatic heterocycles. The Morgan fingerprint density at radius 1 is 0.618 bits per heavy atom. The van der Waals surface area contributed by atoms with Gasteiger partial charge in [0.1, 0.15) is 37.2 Å². The van der Waals surface area contributed by atoms with Gasteiger partial charge in [0.25, 0.3) is 0 Å². The van der Waals surface area contributed by atoms with Crippen molar-refractivity contribution in [2.75, 3.05) is 85.5 Å². The van der Waals surface area contributed by atoms with Crippen LogP contribution >= 0.6 is 0 Å². The third-order valence-corrected chi connectivity index (χ3v) is 18.3. The van der Waals surface area contributed by atoms with Crippen LogP contribution in [0.15, 0.2) is 0 Å². The highest BCUT2D eigenvalue weighted by Gasteiger charge is 2.46. The molecule has 1 aliphatic heterocycles. The van der Waals surface area contributed by atoms with Crippen LogP contribution in [0.5, 0.6) is 0 Å². The van der Waals surface area contributed by atoms with Crippen molar-refractivity contribution in [1.82, 2.24) is 58.5 Å². The molecule has 32 heteroatoms. The quantitative estimate of drug-likeness (QED) is 0.0272. The van der Waals surface area contributed by atoms with E-state index in [1.165, 1.54) is 20.8 Å². The van der Waals surface area contributed by atoms with E-state index in [0.29, 0.717) is 69.2 Å². The first kappa shape index (κ1) is 92.3. The number of carbonyl (C=O) groups excluding carboxylic acids is 10. The summed E-state index contributed by atoms with van der Waals surface area (Å²) in [6.45, 7) is 21.9. The number of amides is 10. The minimum Gasteiger partial charge on any atom is -0.394 e. The lowest BCUT2D eigenvalue weighted by Gasteiger charge is -2.42. The van der Waals surface area contributed by atoms with Crippen LogP contribution in [-0.2, 0) is 71.6 Å². The molecule has 102 heavy (non-hydrogen) atoms. The van der Waals surface area contributed by atoms with E-state index in [9.17, 15) is 78.6 Å². The van der Waals surface area contributed by atoms with Gasteiger partial charge in [-0.2, -0.15) is 0 Å². The number of aliphatic hydroxyl groups is 6. The fraction of sp³-hybridized carbons (Fsp3) is 0.857. The van der Waals surface area contributed by atoms with Crippen LogP contribution in [0.2, 0.25) is 0 Å². The van der Waals surface area contributed by atoms with Gasteiger partial charge in [0.05, 0.1) is 38.6 Å². The molecule has 1 heterocycles. The van der Waals surface area contributed by atoms with Crippen molar-refractivity contribution in [2.24, 2.45) is 40.9 Å². The molecule has 0 aromatic rings. The molecule has 1 aliphatic carbocycles. The summed E-state index contributed by atoms with van der Waals surface area (Å²) < 4.78 is 28.7. The van der Waals surface area contributed by atoms with E-state index in [1.54, 1.807) is 27.7 Å². The lowest BCUT2D eigenvalue weighted by atomic mass is 9.75. The number of hydrogen-bond acceptors (Lipinski definition) is 22. The van der Waals surface area contributed by atoms with E-state index >= 15 is 0 Å². The Hall–Kier alpha value is -5.78. The molecule has 0 aromatic carbocycles. The topological polar surface area (TPSA) is 471 Å². The molecule has 10 amide bonds. The van der Waals surface area contributed by atoms with Crippen LogP contribution in [-0.4, -0.2) is 242 Å². The monoisotopic (exact) mass is 1460 g/mol. The van der Waals surface area contributed by atoms with Crippen molar-refractivity contribution in [3.05, 3.63) is 0 Å². The maximum atomic E-state index is 14.1. The highest BCUT2D eigenvalue weighted by Crippen LogP contribution is 2.36. The molecule has 2 aliphatic rings. The zero-order chi connectivity index (χ0) is 76.5. The van der Waals surface area contributed by atoms with Gasteiger partial charge in [0.2, 0.25) is 65.4 Å². The summed E-state index contributed by atoms with van der Waals surface area (Å²) in [6, 6.07) is -1.17. The normalized spacial score (nSPS) is 20.9. The van der Waals surface area contributed by atoms with Crippen molar-refractivity contribution < 1.29 is 102 Å². The fourth-order valence-corrected chi connectivity index (χ4v) is 11.9. The van der Waals surface area contributed by atoms with Crippen molar-refractivity contribution in [3.8, 4) is 0 Å². The molecule has 11 unspecified atom stereocenters. The van der Waals surface area contributed by atoms with Gasteiger partial charge in [-0.15, -0.1) is 0 Å². The van der Waals surface area contributed by atoms with E-state index in [0.717, 1.165) is 25.7 Å². The first-order valence-corrected chi connectivity index (χ1v) is 36.7. The van der Waals surface area contributed by atoms with Crippen molar-refractivity contribution in [1.29, 1.82) is 0 Å². The minimum atomic E-state index is -1.63. The number of nitrogens with one attached hydrogen (secondary N) is 11. The molecule has 1 saturated heterocycles. The Morgan fingerprint density at radius 3 is 1.67 bits per heavy atom. The summed E-state index contributed by atoms with van der Waals surface area (Å²) >= 11 is 0. The summed E-state index contributed by atoms with van der Waals surface area (Å²) in [5.74, 6) is -2.44. The first-order chi connectivity index (χ1) is 48.1. The molecule has 1 saturated carbocycles. The molecular formula is C70H129N11O21. The number of carbonyl (C=O) groups is 10. The number of hydrogen-bond donors (Lipinski definition) is 17. The van der Waals surface area contributed by atoms with Crippen LogP contribution in [0.25, 0.3) is 0 Å². The highest BCUT2D eigenvalue weighted by atomic mass is 16.7. The van der Waals surface area contributed by atoms with Crippen molar-refractivity contribution in [2.45, 2.75) is 259 Å². The third-order valence-electron chi connectivity index (χ3n) is 18.3. The van der Waals surface area contributed by atoms with Gasteiger partial charge in [-0.1, -0.05) is 68.7 Å². The second-order valence-corrected chi connectivity index (χ2v) is 29.0. The van der Waals surface area contributed by atoms with Gasteiger partial charge in [-0.05, 0) is 107 Å². The smallest absolute Gasteiger partial charge is 0.234 e. The van der Waals surface area contributed by atoms with Gasteiger partial charge in [-0.25, -0.2) is 0 Å². The lowest BCUT2D eigenvalue weighted by Crippen LogP contribution is -2.64. The van der Waals surface area contributed by atoms with E-state index in [2.05, 4.69) is 86.2 Å². The molecule has 590 valence electrons. The largest absolute Gasteiger partial charge is 0.394 e. The number of rotatable bonds is 55. The van der Waals surface area contributed by atoms with Gasteiger partial charge < -0.3 is 107 Å². The Kier molecular flexibility index (Phi) is 45.1. The van der Waals surface area contributed by atoms with Crippen LogP contribution in [0, 0.1) is 40.9 Å². The number of aliphatic hydroxyl groups excluding tert-OH is 6. The molecule has 13 atom stereocenters. The molecule has 2 rings (SSSR count). The molecular weight excluding hydrogens is 1330 g/mol. The van der Waals surface area contributed by atoms with E-state index < -0.39 is 115 Å². The predicted octanol–water partition coefficient (Wildman–Crippen LogP) is -0.389. The van der Waals surface area contributed by atoms with E-state index in [1.807, 2.05) is 6.92 Å². The first-order valence-electron chi connectivity index (χ1n) is 36.7. The maximum absolute atomic E-state index is 14.1. The Morgan fingerprint density at radius 2 is 1.16 bits per heavy atom. The zero-order valence-corrected chi connectivity index (χ0v) is 62.8. The summed E-state index contributed by atoms with van der Waals surface area (Å²) in [5, 5.41) is 91.2. The van der Waals surface area contributed by atoms with Crippen LogP contribution in [0.1, 0.15) is 192 Å². The molecule has 17 N–H and O–H groups in total. The number of ether oxygens (including phenoxy) is 5. The van der Waals surface area contributed by atoms with Gasteiger partial charge >= 0.3 is 0 Å². The molecule has 0 bridgehead atoms. The summed E-state index contributed by atoms with van der Waals surface area (Å²) in [4.78, 5) is 130. The SMILES string of the molecule is CCC(COC1CC(C(C)C)C1)CC(C)CNC(=O)CCCC(=O)NC(CCC(=O)NCCCNC(=O)CNCOC1OC(CO)C(O)C(O)C1NC(C)=O)(CCC(=O)NCCCNC(=O)C(C)C)CCC(=O)NCCCNC(=O)C(C)(C)CC(C)COC(OC(CO)[C@@H](C)O)[C@H](O)NC(C)=O. The third kappa shape index (κ3) is 38.3. The van der Waals surface area contributed by atoms with Gasteiger partial charge in [0, 0.05) is 115 Å². The lowest BCUT2D eigenvalue weighted by molar-refractivity contribution is -0.271. The standard InChI is InChI=1S/C70H129N11O21/c1-13-50(41-98-52-33-51(34-52)43(2)3)32-45(6)36-78-55(87)18-14-19-59(91)81-70(24-21-57(89)73-27-16-30-76-64(95)44(4)5,23-20-56(88)72-26-15-29-75-60(92)37-71-42-100-66-61(79-48(9)85)63(94)62(93)54(39-83)102-66)25-22-58(90)74-28-17-31-77-68(97)69(11,12)35-46(7)40-99-67(65(96)80-49(10)86)101-53(38-82)47(8)84/h43-47,50-54,61-63,65-67,71,82-84,93-94,96H,13-42H2,1-12H3,(H,72,88)(H,73,89)(H,74,90)(H,75,92)(H,76,95)(H,77,97)(H,78,87)(H,79,85)(H,80,86)(H,81,91)/t45?,46?,47-,50?,51?,52?,53?,54?,61?,62?,63?,65+,66?,67?,70?/m1/s1. The summed E-state index contributed by atoms with van der Waals surface area (Å²) in [7, 11) is 0. The second kappa shape index (κ2) is 49.8. The van der Waals surface area contributed by atoms with Crippen LogP contribution in [0.3, 0.4) is 0 Å². The Balaban J connectivity index is 2.18. The van der Waals surface area contributed by atoms with Crippen LogP contribution in [0.4, 0.5) is 0 Å². The zero-order valence-electron chi connectivity index (χ0n) is 62.8. The van der Waals surface area contributed by atoms with E-state index in [4.69, 9.17) is 23.7 Å². The summed E-state index contributed by atoms with van der Waals surface area (Å²) in [6.07, 6.45) is -5.40. The Bertz CT molecular complexity index is 2510. The van der Waals surface area contributed by atoms with Gasteiger partial charge in [-0.3, -0.25) is 53.3 Å². The molecule has 0 radical (unpaired) electrons. The highest BCUT2D eigenvalue weighted by molar-refractivity contribution is 5.83. The van der Waals surface area contributed by atoms with Crippen molar-refractivity contribution in [3.63, 3.8) is 0 Å². The predicted molar refractivity (Wildman–Crippen MR) is 377 cm³/mol. The van der Waals surface area contributed by atoms with Crippen molar-refractivity contribution >= 4 is 59.1 Å². The summed E-state index contributed by atoms with van der Waals surface area (Å²) in [5.41, 5.74) is -2.23. The second-order valence-electron chi connectivity index (χ2n) is 29.0. The molecule has 0 spiro atoms. The maximum Gasteiger partial charge on any atom is 0.234 e. The molecule has 2 fully saturated rings. The average molecular weight is 1460 g/mol. The Labute approximate surface area is 603 Å². The minimum absolute atomic E-state index is 0.00650. The average Bonchev–Trinajstić information content (AvgIpc) is 0.818. The van der Waals surface area contributed by atoms with Crippen LogP contribution < -0.4 is 58.5 Å². The van der Waals surface area contributed by atoms with Gasteiger partial charge in [0.15, 0.2) is 12.5 Å².